The molecule has 0 radical (unpaired) electrons. The Kier molecular flexibility index (Phi) is 7.28. The maximum atomic E-state index is 8.00. The van der Waals surface area contributed by atoms with Gasteiger partial charge in [0.05, 0.1) is 7.11 Å². The first-order chi connectivity index (χ1) is 6.74. The number of carbonyl (C=O) groups is 1. The number of benzene rings is 1. The monoisotopic (exact) mass is 260 g/mol. The highest BCUT2D eigenvalue weighted by Crippen LogP contribution is 2.16. The van der Waals surface area contributed by atoms with Crippen LogP contribution in [0, 0.1) is 6.92 Å². The maximum Gasteiger partial charge on any atom is 0.108 e. The van der Waals surface area contributed by atoms with Crippen molar-refractivity contribution in [3.8, 4) is 0 Å². The van der Waals surface area contributed by atoms with Gasteiger partial charge in [-0.15, -0.1) is 0 Å². The van der Waals surface area contributed by atoms with Crippen LogP contribution in [0.4, 0.5) is 0 Å². The van der Waals surface area contributed by atoms with Crippen LogP contribution in [0.5, 0.6) is 0 Å². The highest BCUT2D eigenvalue weighted by molar-refractivity contribution is 9.10. The standard InChI is InChI=1S/C9H11BrO2.CH2O/c1-7-5-9(10)4-3-8(7)6-12-11-2;1-2/h3-5H,6H2,1-2H3;1H2. The summed E-state index contributed by atoms with van der Waals surface area (Å²) >= 11 is 3.39. The number of halogens is 1. The Morgan fingerprint density at radius 1 is 1.43 bits per heavy atom. The lowest BCUT2D eigenvalue weighted by atomic mass is 10.1. The number of aryl methyl sites for hydroxylation is 1. The first-order valence-electron chi connectivity index (χ1n) is 3.93. The minimum atomic E-state index is 0.496. The molecule has 0 spiro atoms. The van der Waals surface area contributed by atoms with Crippen molar-refractivity contribution >= 4 is 22.7 Å². The van der Waals surface area contributed by atoms with E-state index in [-0.39, 0.29) is 0 Å². The van der Waals surface area contributed by atoms with E-state index in [4.69, 9.17) is 9.68 Å². The first kappa shape index (κ1) is 13.3. The molecule has 0 saturated heterocycles. The minimum Gasteiger partial charge on any atom is -0.307 e. The normalized spacial score (nSPS) is 9.07. The SMILES string of the molecule is C=O.COOCc1ccc(Br)cc1C. The van der Waals surface area contributed by atoms with E-state index in [2.05, 4.69) is 20.8 Å². The third-order valence-electron chi connectivity index (χ3n) is 1.64. The summed E-state index contributed by atoms with van der Waals surface area (Å²) < 4.78 is 1.08. The summed E-state index contributed by atoms with van der Waals surface area (Å²) in [7, 11) is 1.51. The molecule has 0 saturated carbocycles. The van der Waals surface area contributed by atoms with Gasteiger partial charge < -0.3 is 4.79 Å². The van der Waals surface area contributed by atoms with E-state index in [9.17, 15) is 0 Å². The summed E-state index contributed by atoms with van der Waals surface area (Å²) in [5, 5.41) is 0. The molecule has 0 N–H and O–H groups in total. The zero-order valence-corrected chi connectivity index (χ0v) is 9.83. The van der Waals surface area contributed by atoms with Crippen LogP contribution in [0.1, 0.15) is 11.1 Å². The molecule has 0 fully saturated rings. The van der Waals surface area contributed by atoms with Gasteiger partial charge in [0, 0.05) is 4.47 Å². The van der Waals surface area contributed by atoms with Crippen molar-refractivity contribution in [2.75, 3.05) is 7.11 Å². The molecule has 14 heavy (non-hydrogen) atoms. The van der Waals surface area contributed by atoms with Crippen LogP contribution in [0.3, 0.4) is 0 Å². The van der Waals surface area contributed by atoms with E-state index in [1.165, 1.54) is 12.7 Å². The van der Waals surface area contributed by atoms with E-state index in [1.54, 1.807) is 0 Å². The largest absolute Gasteiger partial charge is 0.307 e. The summed E-state index contributed by atoms with van der Waals surface area (Å²) in [5.74, 6) is 0. The Labute approximate surface area is 92.1 Å². The van der Waals surface area contributed by atoms with Crippen LogP contribution in [0.25, 0.3) is 0 Å². The Bertz CT molecular complexity index is 276. The molecular weight excluding hydrogens is 248 g/mol. The fourth-order valence-corrected chi connectivity index (χ4v) is 1.42. The molecule has 0 bridgehead atoms. The average Bonchev–Trinajstić information content (AvgIpc) is 2.20. The molecular formula is C10H13BrO3. The Morgan fingerprint density at radius 3 is 2.57 bits per heavy atom. The van der Waals surface area contributed by atoms with Crippen LogP contribution in [0.15, 0.2) is 22.7 Å². The quantitative estimate of drug-likeness (QED) is 0.619. The van der Waals surface area contributed by atoms with Crippen molar-refractivity contribution in [3.63, 3.8) is 0 Å². The second-order valence-electron chi connectivity index (χ2n) is 2.50. The van der Waals surface area contributed by atoms with Gasteiger partial charge in [-0.25, -0.2) is 9.78 Å². The third-order valence-corrected chi connectivity index (χ3v) is 2.13. The van der Waals surface area contributed by atoms with Crippen LogP contribution in [-0.2, 0) is 21.2 Å². The van der Waals surface area contributed by atoms with Gasteiger partial charge in [0.2, 0.25) is 0 Å². The van der Waals surface area contributed by atoms with Crippen molar-refractivity contribution in [2.45, 2.75) is 13.5 Å². The molecule has 78 valence electrons. The van der Waals surface area contributed by atoms with Crippen molar-refractivity contribution in [1.82, 2.24) is 0 Å². The Hall–Kier alpha value is -0.710. The predicted molar refractivity (Wildman–Crippen MR) is 57.8 cm³/mol. The van der Waals surface area contributed by atoms with Gasteiger partial charge in [0.1, 0.15) is 13.4 Å². The molecule has 0 aliphatic heterocycles. The van der Waals surface area contributed by atoms with Gasteiger partial charge in [-0.1, -0.05) is 22.0 Å². The summed E-state index contributed by atoms with van der Waals surface area (Å²) in [4.78, 5) is 17.3. The van der Waals surface area contributed by atoms with Gasteiger partial charge in [-0.05, 0) is 30.2 Å². The zero-order valence-electron chi connectivity index (χ0n) is 8.25. The lowest BCUT2D eigenvalue weighted by Gasteiger charge is -2.04. The van der Waals surface area contributed by atoms with Crippen LogP contribution in [-0.4, -0.2) is 13.9 Å². The van der Waals surface area contributed by atoms with E-state index >= 15 is 0 Å². The number of hydrogen-bond donors (Lipinski definition) is 0. The number of rotatable bonds is 3. The Balaban J connectivity index is 0.000000791. The highest BCUT2D eigenvalue weighted by Gasteiger charge is 1.98. The van der Waals surface area contributed by atoms with Crippen LogP contribution in [0.2, 0.25) is 0 Å². The molecule has 0 atom stereocenters. The van der Waals surface area contributed by atoms with Crippen molar-refractivity contribution < 1.29 is 14.6 Å². The summed E-state index contributed by atoms with van der Waals surface area (Å²) in [6.07, 6.45) is 0. The third kappa shape index (κ3) is 4.50. The smallest absolute Gasteiger partial charge is 0.108 e. The fourth-order valence-electron chi connectivity index (χ4n) is 0.944. The fraction of sp³-hybridized carbons (Fsp3) is 0.300. The van der Waals surface area contributed by atoms with Gasteiger partial charge in [-0.2, -0.15) is 0 Å². The molecule has 0 aliphatic rings. The zero-order chi connectivity index (χ0) is 11.0. The van der Waals surface area contributed by atoms with E-state index in [0.29, 0.717) is 6.61 Å². The minimum absolute atomic E-state index is 0.496. The van der Waals surface area contributed by atoms with E-state index < -0.39 is 0 Å². The maximum absolute atomic E-state index is 8.00. The molecule has 0 amide bonds. The van der Waals surface area contributed by atoms with E-state index in [1.807, 2.05) is 31.9 Å². The van der Waals surface area contributed by atoms with Gasteiger partial charge in [0.25, 0.3) is 0 Å². The first-order valence-corrected chi connectivity index (χ1v) is 4.73. The molecule has 0 aliphatic carbocycles. The second-order valence-corrected chi connectivity index (χ2v) is 3.42. The molecule has 1 rings (SSSR count). The lowest BCUT2D eigenvalue weighted by Crippen LogP contribution is -1.93. The molecule has 3 nitrogen and oxygen atoms in total. The number of carbonyl (C=O) groups excluding carboxylic acids is 1. The molecule has 0 heterocycles. The van der Waals surface area contributed by atoms with Crippen LogP contribution >= 0.6 is 15.9 Å². The van der Waals surface area contributed by atoms with Crippen molar-refractivity contribution in [1.29, 1.82) is 0 Å². The van der Waals surface area contributed by atoms with Crippen LogP contribution < -0.4 is 0 Å². The number of hydrogen-bond acceptors (Lipinski definition) is 3. The molecule has 0 aromatic heterocycles. The lowest BCUT2D eigenvalue weighted by molar-refractivity contribution is -0.282. The van der Waals surface area contributed by atoms with Crippen molar-refractivity contribution in [2.24, 2.45) is 0 Å². The molecule has 1 aromatic rings. The molecule has 1 aromatic carbocycles. The molecule has 0 unspecified atom stereocenters. The topological polar surface area (TPSA) is 35.5 Å². The van der Waals surface area contributed by atoms with Crippen molar-refractivity contribution in [3.05, 3.63) is 33.8 Å². The van der Waals surface area contributed by atoms with Gasteiger partial charge in [-0.3, -0.25) is 0 Å². The van der Waals surface area contributed by atoms with Gasteiger partial charge >= 0.3 is 0 Å². The summed E-state index contributed by atoms with van der Waals surface area (Å²) in [6, 6.07) is 6.05. The average molecular weight is 261 g/mol. The van der Waals surface area contributed by atoms with Gasteiger partial charge in [0.15, 0.2) is 0 Å². The second kappa shape index (κ2) is 7.67. The van der Waals surface area contributed by atoms with E-state index in [0.717, 1.165) is 10.0 Å². The Morgan fingerprint density at radius 2 is 2.07 bits per heavy atom. The highest BCUT2D eigenvalue weighted by atomic mass is 79.9. The summed E-state index contributed by atoms with van der Waals surface area (Å²) in [6.45, 7) is 4.54. The summed E-state index contributed by atoms with van der Waals surface area (Å²) in [5.41, 5.74) is 2.33. The molecule has 4 heteroatoms. The predicted octanol–water partition coefficient (Wildman–Crippen LogP) is 2.65.